The molecule has 1 aliphatic rings. The number of aromatic nitrogens is 1. The maximum atomic E-state index is 15.3. The van der Waals surface area contributed by atoms with Crippen molar-refractivity contribution in [1.82, 2.24) is 68.0 Å². The van der Waals surface area contributed by atoms with Crippen LogP contribution >= 0.6 is 11.6 Å². The van der Waals surface area contributed by atoms with Crippen molar-refractivity contribution in [2.45, 2.75) is 192 Å². The van der Waals surface area contributed by atoms with Gasteiger partial charge in [0.1, 0.15) is 60.4 Å². The Morgan fingerprint density at radius 3 is 1.54 bits per heavy atom. The van der Waals surface area contributed by atoms with Crippen molar-refractivity contribution in [2.24, 2.45) is 5.92 Å². The average molecular weight is 1640 g/mol. The molecule has 6 aromatic rings. The zero-order chi connectivity index (χ0) is 81.0. The number of nitro groups is 1. The van der Waals surface area contributed by atoms with Crippen LogP contribution in [0.25, 0.3) is 16.5 Å². The van der Waals surface area contributed by atoms with Gasteiger partial charge in [-0.2, -0.15) is 0 Å². The minimum atomic E-state index is -1.63. The number of fused-ring (bicyclic) bond motifs is 1. The van der Waals surface area contributed by atoms with Crippen LogP contribution in [0.4, 0.5) is 16.2 Å². The van der Waals surface area contributed by atoms with Crippen LogP contribution in [0, 0.1) is 16.0 Å². The van der Waals surface area contributed by atoms with E-state index >= 15 is 9.59 Å². The fraction of sp³-hybridized carbons (Fsp3) is 0.438. The van der Waals surface area contributed by atoms with Gasteiger partial charge in [-0.15, -0.1) is 0 Å². The van der Waals surface area contributed by atoms with E-state index in [1.54, 1.807) is 43.3 Å². The van der Waals surface area contributed by atoms with Gasteiger partial charge in [-0.25, -0.2) is 0 Å². The van der Waals surface area contributed by atoms with Gasteiger partial charge in [-0.05, 0) is 148 Å². The monoisotopic (exact) mass is 1630 g/mol. The molecule has 2 heterocycles. The van der Waals surface area contributed by atoms with Crippen molar-refractivity contribution in [3.8, 4) is 0 Å². The number of non-ortho nitro benzene ring substituents is 1. The van der Waals surface area contributed by atoms with Gasteiger partial charge in [0.15, 0.2) is 6.03 Å². The number of nitrogens with one attached hydrogen (secondary N) is 12. The zero-order valence-corrected chi connectivity index (χ0v) is 68.2. The molecule has 1 fully saturated rings. The van der Waals surface area contributed by atoms with E-state index in [-0.39, 0.29) is 114 Å². The SMILES string of the molecule is CC[C@H](NC(=O)[C@@H](Cc1cccnc1)NC(=O)[C@@H](Cc1ccc(Cl)cc1)NC(=O)[C@@H](Cc1ccc2ccccc2c1)NC(C)=O)C(=O)N[C@@H](Cc1ccc([N+](=O)[O-])cc1)C(=O)N[C@H](Cc1ccc(NC([NH-])=O)cc1)C(=O)N[C@@H](CC(C)C)C(=O)N[C@@H](CCCCN(C)C(C)C)C(=O)N1CCC[C@H]1C(=O)N[C@H](C)C(=O)NC.[Y]. The molecule has 7 rings (SSSR count). The van der Waals surface area contributed by atoms with Gasteiger partial charge in [-0.3, -0.25) is 72.6 Å². The number of hydrogen-bond acceptors (Lipinski definition) is 16. The summed E-state index contributed by atoms with van der Waals surface area (Å²) >= 11 is 6.27. The van der Waals surface area contributed by atoms with Gasteiger partial charge in [-0.1, -0.05) is 129 Å². The molecule has 1 aliphatic heterocycles. The zero-order valence-electron chi connectivity index (χ0n) is 64.6. The standard InChI is InChI=1S/C80H103ClN16O14.Y/c1-10-61(88-74(103)68(45-55-17-15-36-84-46-55)94-77(106)66(41-51-23-30-58(81)31-24-51)92-73(102)64(86-50(7)98)44-54-22-29-56-18-11-12-19-57(56)40-54)71(100)91-65(43-53-27-34-60(35-28-53)97(110)111)76(105)93-67(42-52-25-32-59(33-26-52)87-80(82)109)75(104)90-63(39-47(2)3)72(101)89-62(20-13-14-37-95(9)48(4)5)79(108)96-38-16-21-69(96)78(107)85-49(6)70(99)83-8;/h11-12,15,17-19,22-36,40,46-49,61-69H,10,13-14,16,20-21,37-39,41-45H2,1-9H3,(H13,82,83,85,86,87,88,89,90,91,92,93,94,98,99,100,101,102,103,104,105,106,107,109);/p-1/t49-,61+,62+,63+,64-,65+,66-,67-,68-,69+;/m1./s1. The number of benzene rings is 5. The first kappa shape index (κ1) is 90.6. The van der Waals surface area contributed by atoms with E-state index in [9.17, 15) is 58.1 Å². The quantitative estimate of drug-likeness (QED) is 0.0119. The molecule has 5 aromatic carbocycles. The Balaban J connectivity index is 0.0000196. The van der Waals surface area contributed by atoms with Gasteiger partial charge in [0.25, 0.3) is 5.69 Å². The number of halogens is 1. The number of nitro benzene ring substituents is 1. The van der Waals surface area contributed by atoms with E-state index in [0.717, 1.165) is 10.8 Å². The summed E-state index contributed by atoms with van der Waals surface area (Å²) in [6, 6.07) is 20.1. The summed E-state index contributed by atoms with van der Waals surface area (Å²) in [5.41, 5.74) is 9.82. The molecule has 0 aliphatic carbocycles. The first-order valence-electron chi connectivity index (χ1n) is 37.3. The van der Waals surface area contributed by atoms with Gasteiger partial charge >= 0.3 is 0 Å². The molecule has 1 radical (unpaired) electrons. The molecule has 1 saturated heterocycles. The van der Waals surface area contributed by atoms with E-state index in [4.69, 9.17) is 17.3 Å². The molecular formula is C80H102ClN16O14Y-. The second kappa shape index (κ2) is 44.7. The second-order valence-corrected chi connectivity index (χ2v) is 29.0. The number of carbonyl (C=O) groups excluding carboxylic acids is 12. The van der Waals surface area contributed by atoms with Crippen molar-refractivity contribution in [2.75, 3.05) is 32.5 Å². The van der Waals surface area contributed by atoms with Crippen molar-refractivity contribution in [1.29, 1.82) is 0 Å². The summed E-state index contributed by atoms with van der Waals surface area (Å²) in [6.45, 7) is 12.9. The van der Waals surface area contributed by atoms with Gasteiger partial charge < -0.3 is 74.0 Å². The Kier molecular flexibility index (Phi) is 36.1. The van der Waals surface area contributed by atoms with Crippen LogP contribution < -0.4 is 58.5 Å². The fourth-order valence-electron chi connectivity index (χ4n) is 12.9. The van der Waals surface area contributed by atoms with Crippen molar-refractivity contribution in [3.05, 3.63) is 188 Å². The van der Waals surface area contributed by atoms with E-state index < -0.39 is 136 Å². The molecule has 10 atom stereocenters. The molecule has 0 unspecified atom stereocenters. The molecular weight excluding hydrogens is 1530 g/mol. The molecule has 1 aromatic heterocycles. The predicted molar refractivity (Wildman–Crippen MR) is 420 cm³/mol. The normalized spacial score (nSPS) is 14.9. The van der Waals surface area contributed by atoms with Gasteiger partial charge in [0.05, 0.1) is 4.92 Å². The van der Waals surface area contributed by atoms with E-state index in [1.807, 2.05) is 77.2 Å². The summed E-state index contributed by atoms with van der Waals surface area (Å²) in [4.78, 5) is 189. The second-order valence-electron chi connectivity index (χ2n) is 28.6. The van der Waals surface area contributed by atoms with Crippen LogP contribution in [0.2, 0.25) is 5.02 Å². The van der Waals surface area contributed by atoms with E-state index in [1.165, 1.54) is 86.7 Å². The van der Waals surface area contributed by atoms with Crippen LogP contribution in [-0.2, 0) is 118 Å². The predicted octanol–water partition coefficient (Wildman–Crippen LogP) is 6.00. The number of hydrogen-bond donors (Lipinski definition) is 11. The molecule has 0 saturated carbocycles. The van der Waals surface area contributed by atoms with Crippen molar-refractivity contribution < 1.29 is 95.2 Å². The van der Waals surface area contributed by atoms with Crippen molar-refractivity contribution in [3.63, 3.8) is 0 Å². The Bertz CT molecular complexity index is 4240. The van der Waals surface area contributed by atoms with Crippen LogP contribution in [0.3, 0.4) is 0 Å². The fourth-order valence-corrected chi connectivity index (χ4v) is 13.0. The topological polar surface area (TPSA) is 423 Å². The maximum Gasteiger partial charge on any atom is 0.269 e. The number of likely N-dealkylation sites (N-methyl/N-ethyl adjacent to an activating group) is 1. The third-order valence-electron chi connectivity index (χ3n) is 19.2. The minimum absolute atomic E-state index is 0. The van der Waals surface area contributed by atoms with Crippen LogP contribution in [0.5, 0.6) is 0 Å². The Labute approximate surface area is 682 Å². The number of rotatable bonds is 40. The molecule has 0 bridgehead atoms. The van der Waals surface area contributed by atoms with Gasteiger partial charge in [0, 0.05) is 121 Å². The molecule has 13 amide bonds. The number of likely N-dealkylation sites (tertiary alicyclic amines) is 1. The number of carbonyl (C=O) groups is 12. The summed E-state index contributed by atoms with van der Waals surface area (Å²) < 4.78 is 0. The third kappa shape index (κ3) is 28.5. The summed E-state index contributed by atoms with van der Waals surface area (Å²) in [6.07, 6.45) is 3.91. The van der Waals surface area contributed by atoms with Gasteiger partial charge in [0.2, 0.25) is 65.0 Å². The number of urea groups is 1. The summed E-state index contributed by atoms with van der Waals surface area (Å²) in [5.74, 6) is -8.33. The molecule has 112 heavy (non-hydrogen) atoms. The number of unbranched alkanes of at least 4 members (excludes halogenated alkanes) is 1. The Morgan fingerprint density at radius 1 is 0.571 bits per heavy atom. The van der Waals surface area contributed by atoms with Crippen LogP contribution in [0.1, 0.15) is 121 Å². The molecule has 30 nitrogen and oxygen atoms in total. The molecule has 12 N–H and O–H groups in total. The first-order chi connectivity index (χ1) is 52.9. The molecule has 32 heteroatoms. The number of amides is 13. The largest absolute Gasteiger partial charge is 0.447 e. The molecule has 0 spiro atoms. The van der Waals surface area contributed by atoms with E-state index in [2.05, 4.69) is 68.4 Å². The summed E-state index contributed by atoms with van der Waals surface area (Å²) in [5, 5.41) is 43.9. The van der Waals surface area contributed by atoms with E-state index in [0.29, 0.717) is 65.1 Å². The van der Waals surface area contributed by atoms with Crippen LogP contribution in [0.15, 0.2) is 140 Å². The smallest absolute Gasteiger partial charge is 0.269 e. The maximum absolute atomic E-state index is 15.3. The minimum Gasteiger partial charge on any atom is -0.447 e. The van der Waals surface area contributed by atoms with Crippen molar-refractivity contribution >= 4 is 105 Å². The Morgan fingerprint density at radius 2 is 1.04 bits per heavy atom. The van der Waals surface area contributed by atoms with Crippen LogP contribution in [-0.4, -0.2) is 184 Å². The molecule has 597 valence electrons. The number of pyridine rings is 1. The summed E-state index contributed by atoms with van der Waals surface area (Å²) in [7, 11) is 3.40. The third-order valence-corrected chi connectivity index (χ3v) is 19.5. The average Bonchev–Trinajstić information content (AvgIpc) is 1.69. The Hall–Kier alpha value is -10.3. The number of nitrogens with zero attached hydrogens (tertiary/aromatic N) is 4. The number of anilines is 1. The first-order valence-corrected chi connectivity index (χ1v) is 37.6.